The van der Waals surface area contributed by atoms with Crippen LogP contribution in [0.2, 0.25) is 0 Å². The highest BCUT2D eigenvalue weighted by molar-refractivity contribution is 5.85. The number of hydrogen-bond acceptors (Lipinski definition) is 4. The third-order valence-corrected chi connectivity index (χ3v) is 6.07. The Kier molecular flexibility index (Phi) is 3.37. The summed E-state index contributed by atoms with van der Waals surface area (Å²) in [5.41, 5.74) is 2.26. The summed E-state index contributed by atoms with van der Waals surface area (Å²) < 4.78 is 8.05. The summed E-state index contributed by atoms with van der Waals surface area (Å²) in [6, 6.07) is 3.81. The van der Waals surface area contributed by atoms with Crippen LogP contribution in [0.4, 0.5) is 0 Å². The largest absolute Gasteiger partial charge is 0.353 e. The molecule has 3 saturated heterocycles. The Morgan fingerprint density at radius 1 is 1.42 bits per heavy atom. The van der Waals surface area contributed by atoms with Crippen molar-refractivity contribution in [3.8, 4) is 0 Å². The number of likely N-dealkylation sites (tertiary alicyclic amines) is 1. The van der Waals surface area contributed by atoms with E-state index in [1.807, 2.05) is 39.5 Å². The number of hydrogen-bond donors (Lipinski definition) is 0. The van der Waals surface area contributed by atoms with Crippen molar-refractivity contribution in [2.75, 3.05) is 19.7 Å². The first-order valence-corrected chi connectivity index (χ1v) is 9.25. The van der Waals surface area contributed by atoms with Gasteiger partial charge in [0.25, 0.3) is 0 Å². The van der Waals surface area contributed by atoms with E-state index in [0.717, 1.165) is 29.9 Å². The van der Waals surface area contributed by atoms with Crippen molar-refractivity contribution in [2.45, 2.75) is 44.4 Å². The molecule has 26 heavy (non-hydrogen) atoms. The Bertz CT molecular complexity index is 907. The molecule has 3 aliphatic heterocycles. The standard InChI is InChI=1S/C19H22N4O3/c1-13-4-2-6-21-14(12-20-18(13)21)10-16(24)22-8-5-19-15(22)11-17(25)23(19)7-3-9-26-19/h2,4,6,12,15H,3,5,7-11H2,1H3/t15-,19+/m1/s1. The molecule has 5 rings (SSSR count). The Morgan fingerprint density at radius 3 is 3.19 bits per heavy atom. The van der Waals surface area contributed by atoms with E-state index in [1.54, 1.807) is 6.20 Å². The number of imidazole rings is 1. The number of nitrogens with zero attached hydrogens (tertiary/aromatic N) is 4. The van der Waals surface area contributed by atoms with Gasteiger partial charge < -0.3 is 18.9 Å². The molecular formula is C19H22N4O3. The highest BCUT2D eigenvalue weighted by Crippen LogP contribution is 2.45. The SMILES string of the molecule is Cc1cccn2c(CC(=O)N3CC[C@@]45OCCCN4C(=O)C[C@@H]35)cnc12. The highest BCUT2D eigenvalue weighted by Gasteiger charge is 2.61. The van der Waals surface area contributed by atoms with Crippen LogP contribution in [0.15, 0.2) is 24.5 Å². The second-order valence-corrected chi connectivity index (χ2v) is 7.46. The van der Waals surface area contributed by atoms with E-state index in [0.29, 0.717) is 26.0 Å². The van der Waals surface area contributed by atoms with Gasteiger partial charge in [0.05, 0.1) is 31.2 Å². The number of fused-ring (bicyclic) bond motifs is 1. The lowest BCUT2D eigenvalue weighted by atomic mass is 10.0. The fourth-order valence-electron chi connectivity index (χ4n) is 4.84. The van der Waals surface area contributed by atoms with E-state index in [4.69, 9.17) is 4.74 Å². The van der Waals surface area contributed by atoms with Gasteiger partial charge >= 0.3 is 0 Å². The maximum atomic E-state index is 13.1. The fourth-order valence-corrected chi connectivity index (χ4v) is 4.84. The Balaban J connectivity index is 1.41. The predicted molar refractivity (Wildman–Crippen MR) is 93.4 cm³/mol. The molecule has 0 N–H and O–H groups in total. The molecule has 0 aromatic carbocycles. The zero-order valence-corrected chi connectivity index (χ0v) is 14.9. The van der Waals surface area contributed by atoms with Gasteiger partial charge in [-0.25, -0.2) is 4.98 Å². The molecular weight excluding hydrogens is 332 g/mol. The van der Waals surface area contributed by atoms with Crippen molar-refractivity contribution in [1.82, 2.24) is 19.2 Å². The molecule has 3 aliphatic rings. The first kappa shape index (κ1) is 15.8. The van der Waals surface area contributed by atoms with Gasteiger partial charge in [-0.3, -0.25) is 9.59 Å². The fraction of sp³-hybridized carbons (Fsp3) is 0.526. The number of amides is 2. The first-order chi connectivity index (χ1) is 12.6. The molecule has 2 atom stereocenters. The molecule has 0 radical (unpaired) electrons. The number of aromatic nitrogens is 2. The molecule has 2 aromatic heterocycles. The van der Waals surface area contributed by atoms with Crippen LogP contribution >= 0.6 is 0 Å². The Labute approximate surface area is 151 Å². The molecule has 2 aromatic rings. The zero-order chi connectivity index (χ0) is 17.9. The summed E-state index contributed by atoms with van der Waals surface area (Å²) in [6.45, 7) is 4.05. The number of ether oxygens (including phenoxy) is 1. The third-order valence-electron chi connectivity index (χ3n) is 6.07. The Hall–Kier alpha value is -2.41. The molecule has 5 heterocycles. The van der Waals surface area contributed by atoms with Crippen molar-refractivity contribution < 1.29 is 14.3 Å². The second-order valence-electron chi connectivity index (χ2n) is 7.46. The summed E-state index contributed by atoms with van der Waals surface area (Å²) in [6.07, 6.45) is 5.95. The minimum atomic E-state index is -0.582. The van der Waals surface area contributed by atoms with Gasteiger partial charge in [-0.15, -0.1) is 0 Å². The lowest BCUT2D eigenvalue weighted by Crippen LogP contribution is -2.56. The molecule has 0 aliphatic carbocycles. The average molecular weight is 354 g/mol. The number of carbonyl (C=O) groups excluding carboxylic acids is 2. The minimum absolute atomic E-state index is 0.0407. The van der Waals surface area contributed by atoms with Crippen LogP contribution in [-0.4, -0.2) is 62.5 Å². The van der Waals surface area contributed by atoms with Gasteiger partial charge in [-0.1, -0.05) is 6.07 Å². The maximum Gasteiger partial charge on any atom is 0.229 e. The first-order valence-electron chi connectivity index (χ1n) is 9.25. The van der Waals surface area contributed by atoms with Crippen LogP contribution < -0.4 is 0 Å². The topological polar surface area (TPSA) is 67.2 Å². The monoisotopic (exact) mass is 354 g/mol. The van der Waals surface area contributed by atoms with Crippen molar-refractivity contribution in [3.05, 3.63) is 35.8 Å². The van der Waals surface area contributed by atoms with Gasteiger partial charge in [0.2, 0.25) is 11.8 Å². The van der Waals surface area contributed by atoms with Crippen molar-refractivity contribution in [2.24, 2.45) is 0 Å². The van der Waals surface area contributed by atoms with E-state index >= 15 is 0 Å². The van der Waals surface area contributed by atoms with Gasteiger partial charge in [-0.2, -0.15) is 0 Å². The number of carbonyl (C=O) groups is 2. The van der Waals surface area contributed by atoms with Crippen molar-refractivity contribution in [3.63, 3.8) is 0 Å². The lowest BCUT2D eigenvalue weighted by molar-refractivity contribution is -0.181. The molecule has 7 heteroatoms. The van der Waals surface area contributed by atoms with Crippen LogP contribution in [0.3, 0.4) is 0 Å². The number of pyridine rings is 1. The summed E-state index contributed by atoms with van der Waals surface area (Å²) in [7, 11) is 0. The Morgan fingerprint density at radius 2 is 2.31 bits per heavy atom. The van der Waals surface area contributed by atoms with Crippen LogP contribution in [0.25, 0.3) is 5.65 Å². The lowest BCUT2D eigenvalue weighted by Gasteiger charge is -2.42. The van der Waals surface area contributed by atoms with Gasteiger partial charge in [0.15, 0.2) is 5.72 Å². The van der Waals surface area contributed by atoms with E-state index < -0.39 is 5.72 Å². The molecule has 3 fully saturated rings. The van der Waals surface area contributed by atoms with Gasteiger partial charge in [0.1, 0.15) is 5.65 Å². The predicted octanol–water partition coefficient (Wildman–Crippen LogP) is 1.14. The van der Waals surface area contributed by atoms with E-state index in [1.165, 1.54) is 0 Å². The van der Waals surface area contributed by atoms with Gasteiger partial charge in [-0.05, 0) is 25.0 Å². The molecule has 136 valence electrons. The number of rotatable bonds is 2. The molecule has 0 bridgehead atoms. The van der Waals surface area contributed by atoms with Crippen LogP contribution in [-0.2, 0) is 20.7 Å². The van der Waals surface area contributed by atoms with Crippen molar-refractivity contribution in [1.29, 1.82) is 0 Å². The van der Waals surface area contributed by atoms with Crippen LogP contribution in [0, 0.1) is 6.92 Å². The molecule has 2 amide bonds. The van der Waals surface area contributed by atoms with Crippen LogP contribution in [0.5, 0.6) is 0 Å². The molecule has 0 unspecified atom stereocenters. The van der Waals surface area contributed by atoms with Gasteiger partial charge in [0, 0.05) is 31.9 Å². The number of aryl methyl sites for hydroxylation is 1. The molecule has 1 spiro atoms. The van der Waals surface area contributed by atoms with E-state index in [2.05, 4.69) is 4.98 Å². The zero-order valence-electron chi connectivity index (χ0n) is 14.9. The van der Waals surface area contributed by atoms with E-state index in [9.17, 15) is 9.59 Å². The minimum Gasteiger partial charge on any atom is -0.353 e. The second kappa shape index (κ2) is 5.54. The summed E-state index contributed by atoms with van der Waals surface area (Å²) in [4.78, 5) is 33.6. The molecule has 7 nitrogen and oxygen atoms in total. The third kappa shape index (κ3) is 2.06. The average Bonchev–Trinajstić information content (AvgIpc) is 3.27. The van der Waals surface area contributed by atoms with Crippen molar-refractivity contribution >= 4 is 17.5 Å². The van der Waals surface area contributed by atoms with E-state index in [-0.39, 0.29) is 24.3 Å². The molecule has 0 saturated carbocycles. The summed E-state index contributed by atoms with van der Waals surface area (Å²) >= 11 is 0. The smallest absolute Gasteiger partial charge is 0.229 e. The maximum absolute atomic E-state index is 13.1. The quantitative estimate of drug-likeness (QED) is 0.811. The normalized spacial score (nSPS) is 27.9. The highest BCUT2D eigenvalue weighted by atomic mass is 16.5. The van der Waals surface area contributed by atoms with Crippen LogP contribution in [0.1, 0.15) is 30.5 Å². The summed E-state index contributed by atoms with van der Waals surface area (Å²) in [5.74, 6) is 0.150. The summed E-state index contributed by atoms with van der Waals surface area (Å²) in [5, 5.41) is 0.